The zero-order valence-corrected chi connectivity index (χ0v) is 14.5. The molecule has 0 atom stereocenters. The van der Waals surface area contributed by atoms with Crippen molar-refractivity contribution in [2.24, 2.45) is 5.92 Å². The monoisotopic (exact) mass is 286 g/mol. The van der Waals surface area contributed by atoms with Gasteiger partial charge in [-0.15, -0.1) is 0 Å². The third-order valence-corrected chi connectivity index (χ3v) is 11.3. The van der Waals surface area contributed by atoms with Gasteiger partial charge in [-0.2, -0.15) is 0 Å². The first-order chi connectivity index (χ1) is 9.74. The van der Waals surface area contributed by atoms with Gasteiger partial charge in [-0.1, -0.05) is 81.4 Å². The van der Waals surface area contributed by atoms with Crippen molar-refractivity contribution in [3.05, 3.63) is 42.0 Å². The third kappa shape index (κ3) is 3.85. The summed E-state index contributed by atoms with van der Waals surface area (Å²) in [5.74, 6) is 0.860. The second kappa shape index (κ2) is 7.26. The predicted octanol–water partition coefficient (Wildman–Crippen LogP) is 6.38. The van der Waals surface area contributed by atoms with Gasteiger partial charge in [0.25, 0.3) is 0 Å². The molecule has 0 bridgehead atoms. The average Bonchev–Trinajstić information content (AvgIpc) is 3.34. The molecule has 1 saturated carbocycles. The summed E-state index contributed by atoms with van der Waals surface area (Å²) in [4.78, 5) is 0. The fourth-order valence-corrected chi connectivity index (χ4v) is 6.68. The molecule has 0 aliphatic heterocycles. The van der Waals surface area contributed by atoms with Crippen molar-refractivity contribution in [1.82, 2.24) is 0 Å². The van der Waals surface area contributed by atoms with E-state index in [-0.39, 0.29) is 0 Å². The molecule has 1 heteroatoms. The smallest absolute Gasteiger partial charge is 0.0530 e. The van der Waals surface area contributed by atoms with Crippen LogP contribution >= 0.6 is 0 Å². The Hall–Kier alpha value is -0.823. The topological polar surface area (TPSA) is 0 Å². The summed E-state index contributed by atoms with van der Waals surface area (Å²) in [5.41, 5.74) is 3.10. The van der Waals surface area contributed by atoms with Crippen LogP contribution in [0.3, 0.4) is 0 Å². The lowest BCUT2D eigenvalue weighted by Gasteiger charge is -2.27. The van der Waals surface area contributed by atoms with Gasteiger partial charge in [0.2, 0.25) is 0 Å². The van der Waals surface area contributed by atoms with E-state index in [1.165, 1.54) is 49.0 Å². The van der Waals surface area contributed by atoms with Gasteiger partial charge >= 0.3 is 0 Å². The van der Waals surface area contributed by atoms with E-state index >= 15 is 0 Å². The first-order valence-electron chi connectivity index (χ1n) is 8.50. The molecule has 0 heterocycles. The molecule has 0 aromatic heterocycles. The fourth-order valence-electron chi connectivity index (χ4n) is 3.36. The zero-order valence-electron chi connectivity index (χ0n) is 13.5. The maximum absolute atomic E-state index is 2.58. The molecule has 1 aromatic rings. The van der Waals surface area contributed by atoms with Crippen LogP contribution < -0.4 is 0 Å². The lowest BCUT2D eigenvalue weighted by atomic mass is 10.0. The van der Waals surface area contributed by atoms with Crippen molar-refractivity contribution >= 4 is 13.6 Å². The van der Waals surface area contributed by atoms with Crippen molar-refractivity contribution in [1.29, 1.82) is 0 Å². The minimum atomic E-state index is -0.944. The van der Waals surface area contributed by atoms with E-state index < -0.39 is 8.07 Å². The van der Waals surface area contributed by atoms with Gasteiger partial charge in [0.1, 0.15) is 0 Å². The summed E-state index contributed by atoms with van der Waals surface area (Å²) in [6.45, 7) is 7.26. The highest BCUT2D eigenvalue weighted by atomic mass is 28.3. The Bertz CT molecular complexity index is 416. The van der Waals surface area contributed by atoms with E-state index in [0.29, 0.717) is 0 Å². The highest BCUT2D eigenvalue weighted by Gasteiger charge is 2.28. The summed E-state index contributed by atoms with van der Waals surface area (Å²) in [5, 5.41) is 0. The number of hydrogen-bond acceptors (Lipinski definition) is 0. The van der Waals surface area contributed by atoms with E-state index in [4.69, 9.17) is 0 Å². The highest BCUT2D eigenvalue weighted by Crippen LogP contribution is 2.42. The van der Waals surface area contributed by atoms with Gasteiger partial charge in [0.15, 0.2) is 0 Å². The van der Waals surface area contributed by atoms with Gasteiger partial charge in [-0.05, 0) is 36.3 Å². The van der Waals surface area contributed by atoms with Crippen molar-refractivity contribution in [2.45, 2.75) is 64.2 Å². The van der Waals surface area contributed by atoms with Crippen LogP contribution in [0.15, 0.2) is 36.4 Å². The van der Waals surface area contributed by atoms with Gasteiger partial charge in [0.05, 0.1) is 8.07 Å². The first-order valence-corrected chi connectivity index (χ1v) is 11.3. The first kappa shape index (κ1) is 15.6. The minimum Gasteiger partial charge on any atom is -0.0807 e. The Balaban J connectivity index is 2.04. The number of allylic oxidation sites excluding steroid dienone is 2. The minimum absolute atomic E-state index is 0.860. The molecule has 1 fully saturated rings. The standard InChI is InChI=1S/C19H30Si/c1-4-20(5-2,6-3)16-10-13-19(18-14-15-18)17-11-8-7-9-12-17/h7-9,11-13,18H,4-6,10,14-16H2,1-3H3/b19-13+. The lowest BCUT2D eigenvalue weighted by molar-refractivity contribution is 1.04. The van der Waals surface area contributed by atoms with Crippen LogP contribution in [0.4, 0.5) is 0 Å². The van der Waals surface area contributed by atoms with E-state index in [2.05, 4.69) is 57.2 Å². The molecule has 110 valence electrons. The highest BCUT2D eigenvalue weighted by molar-refractivity contribution is 6.79. The van der Waals surface area contributed by atoms with E-state index in [9.17, 15) is 0 Å². The molecule has 0 nitrogen and oxygen atoms in total. The Labute approximate surface area is 126 Å². The van der Waals surface area contributed by atoms with Crippen LogP contribution in [0.5, 0.6) is 0 Å². The second-order valence-electron chi connectivity index (χ2n) is 6.40. The Kier molecular flexibility index (Phi) is 5.65. The summed E-state index contributed by atoms with van der Waals surface area (Å²) < 4.78 is 0. The molecule has 0 amide bonds. The molecule has 0 spiro atoms. The maximum Gasteiger partial charge on any atom is 0.0530 e. The fraction of sp³-hybridized carbons (Fsp3) is 0.579. The van der Waals surface area contributed by atoms with Crippen LogP contribution in [0.1, 0.15) is 45.6 Å². The zero-order chi connectivity index (χ0) is 14.4. The van der Waals surface area contributed by atoms with Gasteiger partial charge < -0.3 is 0 Å². The number of benzene rings is 1. The molecular weight excluding hydrogens is 256 g/mol. The van der Waals surface area contributed by atoms with Crippen LogP contribution in [0.25, 0.3) is 5.57 Å². The predicted molar refractivity (Wildman–Crippen MR) is 93.8 cm³/mol. The molecule has 1 aliphatic rings. The summed E-state index contributed by atoms with van der Waals surface area (Å²) in [7, 11) is -0.944. The van der Waals surface area contributed by atoms with Crippen molar-refractivity contribution in [3.63, 3.8) is 0 Å². The number of rotatable bonds is 8. The van der Waals surface area contributed by atoms with Crippen molar-refractivity contribution < 1.29 is 0 Å². The largest absolute Gasteiger partial charge is 0.0807 e. The second-order valence-corrected chi connectivity index (χ2v) is 12.0. The molecule has 0 saturated heterocycles. The van der Waals surface area contributed by atoms with Gasteiger partial charge in [-0.3, -0.25) is 0 Å². The summed E-state index contributed by atoms with van der Waals surface area (Å²) in [6, 6.07) is 16.9. The Morgan fingerprint density at radius 1 is 1.05 bits per heavy atom. The average molecular weight is 287 g/mol. The summed E-state index contributed by atoms with van der Waals surface area (Å²) >= 11 is 0. The third-order valence-electron chi connectivity index (χ3n) is 5.41. The number of hydrogen-bond donors (Lipinski definition) is 0. The van der Waals surface area contributed by atoms with Gasteiger partial charge in [0, 0.05) is 0 Å². The maximum atomic E-state index is 2.58. The Morgan fingerprint density at radius 2 is 1.65 bits per heavy atom. The van der Waals surface area contributed by atoms with Crippen LogP contribution in [0, 0.1) is 5.92 Å². The van der Waals surface area contributed by atoms with Gasteiger partial charge in [-0.25, -0.2) is 0 Å². The van der Waals surface area contributed by atoms with Crippen molar-refractivity contribution in [2.75, 3.05) is 0 Å². The quantitative estimate of drug-likeness (QED) is 0.486. The van der Waals surface area contributed by atoms with Crippen LogP contribution in [-0.2, 0) is 0 Å². The SMILES string of the molecule is CC[Si](CC)(CC)CC/C=C(\c1ccccc1)C1CC1. The van der Waals surface area contributed by atoms with E-state index in [1.54, 1.807) is 5.57 Å². The molecule has 0 unspecified atom stereocenters. The Morgan fingerprint density at radius 3 is 2.15 bits per heavy atom. The summed E-state index contributed by atoms with van der Waals surface area (Å²) in [6.07, 6.45) is 6.69. The normalized spacial score (nSPS) is 16.4. The van der Waals surface area contributed by atoms with E-state index in [1.807, 2.05) is 0 Å². The van der Waals surface area contributed by atoms with Crippen molar-refractivity contribution in [3.8, 4) is 0 Å². The molecular formula is C19H30Si. The van der Waals surface area contributed by atoms with Crippen LogP contribution in [-0.4, -0.2) is 8.07 Å². The molecule has 0 radical (unpaired) electrons. The van der Waals surface area contributed by atoms with E-state index in [0.717, 1.165) is 5.92 Å². The lowest BCUT2D eigenvalue weighted by Crippen LogP contribution is -2.30. The molecule has 0 N–H and O–H groups in total. The van der Waals surface area contributed by atoms with Crippen LogP contribution in [0.2, 0.25) is 24.2 Å². The molecule has 1 aliphatic carbocycles. The molecule has 2 rings (SSSR count). The molecule has 1 aromatic carbocycles. The molecule has 20 heavy (non-hydrogen) atoms.